The van der Waals surface area contributed by atoms with Crippen molar-refractivity contribution in [2.24, 2.45) is 4.99 Å². The highest BCUT2D eigenvalue weighted by Crippen LogP contribution is 2.24. The molecule has 1 rings (SSSR count). The molecule has 0 aromatic carbocycles. The Morgan fingerprint density at radius 1 is 0.818 bits per heavy atom. The number of nitrogens with zero attached hydrogens (tertiary/aromatic N) is 3. The van der Waals surface area contributed by atoms with Gasteiger partial charge in [-0.05, 0) is 38.5 Å². The van der Waals surface area contributed by atoms with Crippen molar-refractivity contribution >= 4 is 5.96 Å². The zero-order valence-electron chi connectivity index (χ0n) is 15.6. The van der Waals surface area contributed by atoms with Gasteiger partial charge in [-0.2, -0.15) is 0 Å². The van der Waals surface area contributed by atoms with E-state index in [2.05, 4.69) is 37.5 Å². The Balaban J connectivity index is 2.95. The van der Waals surface area contributed by atoms with E-state index in [1.807, 2.05) is 0 Å². The van der Waals surface area contributed by atoms with Gasteiger partial charge in [-0.15, -0.1) is 0 Å². The molecule has 0 aliphatic heterocycles. The Kier molecular flexibility index (Phi) is 10.3. The van der Waals surface area contributed by atoms with E-state index in [1.165, 1.54) is 57.3 Å². The summed E-state index contributed by atoms with van der Waals surface area (Å²) in [6, 6.07) is 0.723. The monoisotopic (exact) mass is 309 g/mol. The fraction of sp³-hybridized carbons (Fsp3) is 0.947. The van der Waals surface area contributed by atoms with E-state index in [4.69, 9.17) is 4.99 Å². The van der Waals surface area contributed by atoms with Gasteiger partial charge >= 0.3 is 0 Å². The van der Waals surface area contributed by atoms with Crippen LogP contribution in [0.25, 0.3) is 0 Å². The highest BCUT2D eigenvalue weighted by atomic mass is 15.4. The molecule has 0 N–H and O–H groups in total. The average molecular weight is 310 g/mol. The van der Waals surface area contributed by atoms with Gasteiger partial charge in [0.15, 0.2) is 5.96 Å². The predicted octanol–water partition coefficient (Wildman–Crippen LogP) is 4.92. The number of hydrogen-bond acceptors (Lipinski definition) is 1. The second-order valence-corrected chi connectivity index (χ2v) is 6.65. The zero-order chi connectivity index (χ0) is 16.2. The normalized spacial score (nSPS) is 16.8. The minimum absolute atomic E-state index is 0.723. The summed E-state index contributed by atoms with van der Waals surface area (Å²) in [5.41, 5.74) is 0. The molecule has 0 aromatic heterocycles. The third-order valence-electron chi connectivity index (χ3n) is 4.48. The molecule has 0 aromatic rings. The molecule has 0 atom stereocenters. The maximum Gasteiger partial charge on any atom is 0.196 e. The van der Waals surface area contributed by atoms with Gasteiger partial charge in [0, 0.05) is 32.2 Å². The molecule has 1 fully saturated rings. The third-order valence-corrected chi connectivity index (χ3v) is 4.48. The summed E-state index contributed by atoms with van der Waals surface area (Å²) in [4.78, 5) is 10.3. The molecule has 1 aliphatic rings. The van der Waals surface area contributed by atoms with E-state index in [1.54, 1.807) is 0 Å². The first kappa shape index (κ1) is 19.3. The molecule has 0 heterocycles. The van der Waals surface area contributed by atoms with Crippen LogP contribution < -0.4 is 0 Å². The molecule has 0 unspecified atom stereocenters. The highest BCUT2D eigenvalue weighted by molar-refractivity contribution is 5.80. The third kappa shape index (κ3) is 6.18. The first-order valence-corrected chi connectivity index (χ1v) is 9.84. The average Bonchev–Trinajstić information content (AvgIpc) is 2.55. The molecule has 0 radical (unpaired) electrons. The van der Waals surface area contributed by atoms with Gasteiger partial charge in [-0.25, -0.2) is 0 Å². The zero-order valence-corrected chi connectivity index (χ0v) is 15.6. The molecule has 0 spiro atoms. The van der Waals surface area contributed by atoms with E-state index < -0.39 is 0 Å². The lowest BCUT2D eigenvalue weighted by Crippen LogP contribution is -2.50. The topological polar surface area (TPSA) is 18.8 Å². The predicted molar refractivity (Wildman–Crippen MR) is 98.6 cm³/mol. The first-order chi connectivity index (χ1) is 10.8. The molecule has 130 valence electrons. The van der Waals surface area contributed by atoms with Crippen molar-refractivity contribution in [3.63, 3.8) is 0 Å². The largest absolute Gasteiger partial charge is 0.343 e. The van der Waals surface area contributed by atoms with Crippen LogP contribution in [-0.4, -0.2) is 48.0 Å². The molecule has 0 saturated heterocycles. The van der Waals surface area contributed by atoms with Crippen LogP contribution in [-0.2, 0) is 0 Å². The van der Waals surface area contributed by atoms with Gasteiger partial charge in [0.05, 0.1) is 0 Å². The Bertz CT molecular complexity index is 289. The van der Waals surface area contributed by atoms with E-state index in [0.717, 1.165) is 38.6 Å². The van der Waals surface area contributed by atoms with Crippen molar-refractivity contribution in [2.75, 3.05) is 26.2 Å². The van der Waals surface area contributed by atoms with Crippen LogP contribution in [0.2, 0.25) is 0 Å². The SMILES string of the molecule is CCCN=C(N(CCC)CCC)N(CCC)C1CCCCC1. The summed E-state index contributed by atoms with van der Waals surface area (Å²) in [5.74, 6) is 1.30. The van der Waals surface area contributed by atoms with Crippen LogP contribution in [0.1, 0.15) is 85.5 Å². The van der Waals surface area contributed by atoms with Crippen LogP contribution in [0, 0.1) is 0 Å². The van der Waals surface area contributed by atoms with E-state index in [9.17, 15) is 0 Å². The van der Waals surface area contributed by atoms with Gasteiger partial charge in [0.25, 0.3) is 0 Å². The molecule has 1 saturated carbocycles. The van der Waals surface area contributed by atoms with Crippen molar-refractivity contribution in [3.8, 4) is 0 Å². The van der Waals surface area contributed by atoms with Gasteiger partial charge < -0.3 is 9.80 Å². The van der Waals surface area contributed by atoms with Crippen LogP contribution in [0.3, 0.4) is 0 Å². The van der Waals surface area contributed by atoms with Crippen LogP contribution in [0.15, 0.2) is 4.99 Å². The molecule has 3 nitrogen and oxygen atoms in total. The van der Waals surface area contributed by atoms with Crippen molar-refractivity contribution < 1.29 is 0 Å². The summed E-state index contributed by atoms with van der Waals surface area (Å²) < 4.78 is 0. The van der Waals surface area contributed by atoms with Gasteiger partial charge in [-0.1, -0.05) is 47.0 Å². The molecule has 0 bridgehead atoms. The maximum atomic E-state index is 5.04. The fourth-order valence-corrected chi connectivity index (χ4v) is 3.52. The van der Waals surface area contributed by atoms with E-state index >= 15 is 0 Å². The quantitative estimate of drug-likeness (QED) is 0.445. The standard InChI is InChI=1S/C19H39N3/c1-5-14-20-19(21(15-6-2)16-7-3)22(17-8-4)18-12-10-9-11-13-18/h18H,5-17H2,1-4H3. The Labute approximate surface area is 139 Å². The smallest absolute Gasteiger partial charge is 0.196 e. The van der Waals surface area contributed by atoms with E-state index in [0.29, 0.717) is 0 Å². The lowest BCUT2D eigenvalue weighted by atomic mass is 9.94. The summed E-state index contributed by atoms with van der Waals surface area (Å²) in [5, 5.41) is 0. The van der Waals surface area contributed by atoms with Crippen molar-refractivity contribution in [3.05, 3.63) is 0 Å². The van der Waals surface area contributed by atoms with Crippen molar-refractivity contribution in [2.45, 2.75) is 91.5 Å². The minimum Gasteiger partial charge on any atom is -0.343 e. The van der Waals surface area contributed by atoms with E-state index in [-0.39, 0.29) is 0 Å². The number of guanidine groups is 1. The lowest BCUT2D eigenvalue weighted by molar-refractivity contribution is 0.210. The number of aliphatic imine (C=N–C) groups is 1. The van der Waals surface area contributed by atoms with Crippen LogP contribution in [0.4, 0.5) is 0 Å². The van der Waals surface area contributed by atoms with Crippen molar-refractivity contribution in [1.29, 1.82) is 0 Å². The molecule has 0 amide bonds. The Morgan fingerprint density at radius 2 is 1.41 bits per heavy atom. The molecule has 22 heavy (non-hydrogen) atoms. The van der Waals surface area contributed by atoms with Crippen LogP contribution in [0.5, 0.6) is 0 Å². The maximum absolute atomic E-state index is 5.04. The molecular formula is C19H39N3. The van der Waals surface area contributed by atoms with Gasteiger partial charge in [-0.3, -0.25) is 4.99 Å². The van der Waals surface area contributed by atoms with Gasteiger partial charge in [0.2, 0.25) is 0 Å². The molecule has 3 heteroatoms. The van der Waals surface area contributed by atoms with Crippen molar-refractivity contribution in [1.82, 2.24) is 9.80 Å². The summed E-state index contributed by atoms with van der Waals surface area (Å²) in [7, 11) is 0. The van der Waals surface area contributed by atoms with Crippen LogP contribution >= 0.6 is 0 Å². The highest BCUT2D eigenvalue weighted by Gasteiger charge is 2.26. The minimum atomic E-state index is 0.723. The second kappa shape index (κ2) is 11.8. The first-order valence-electron chi connectivity index (χ1n) is 9.84. The second-order valence-electron chi connectivity index (χ2n) is 6.65. The lowest BCUT2D eigenvalue weighted by Gasteiger charge is -2.41. The Morgan fingerprint density at radius 3 is 1.91 bits per heavy atom. The summed E-state index contributed by atoms with van der Waals surface area (Å²) in [6.07, 6.45) is 11.7. The molecular weight excluding hydrogens is 270 g/mol. The van der Waals surface area contributed by atoms with Gasteiger partial charge in [0.1, 0.15) is 0 Å². The number of hydrogen-bond donors (Lipinski definition) is 0. The molecule has 1 aliphatic carbocycles. The number of rotatable bonds is 9. The summed E-state index contributed by atoms with van der Waals surface area (Å²) in [6.45, 7) is 13.5. The summed E-state index contributed by atoms with van der Waals surface area (Å²) >= 11 is 0. The Hall–Kier alpha value is -0.730. The fourth-order valence-electron chi connectivity index (χ4n) is 3.52.